The van der Waals surface area contributed by atoms with E-state index in [-0.39, 0.29) is 5.91 Å². The summed E-state index contributed by atoms with van der Waals surface area (Å²) in [5.74, 6) is 0.800. The van der Waals surface area contributed by atoms with Crippen molar-refractivity contribution in [3.63, 3.8) is 0 Å². The van der Waals surface area contributed by atoms with Gasteiger partial charge in [0, 0.05) is 17.5 Å². The summed E-state index contributed by atoms with van der Waals surface area (Å²) in [5, 5.41) is 3.57. The second kappa shape index (κ2) is 4.09. The van der Waals surface area contributed by atoms with Crippen LogP contribution in [0.5, 0.6) is 0 Å². The Morgan fingerprint density at radius 1 is 1.71 bits per heavy atom. The van der Waals surface area contributed by atoms with E-state index in [0.717, 1.165) is 17.5 Å². The lowest BCUT2D eigenvalue weighted by Gasteiger charge is -1.97. The normalized spacial score (nSPS) is 15.5. The van der Waals surface area contributed by atoms with Gasteiger partial charge >= 0.3 is 0 Å². The average Bonchev–Trinajstić information content (AvgIpc) is 2.89. The number of carbonyl (C=O) groups excluding carboxylic acids is 1. The molecule has 1 aliphatic rings. The van der Waals surface area contributed by atoms with Crippen molar-refractivity contribution < 1.29 is 4.79 Å². The molecule has 1 aromatic rings. The van der Waals surface area contributed by atoms with Crippen LogP contribution in [-0.4, -0.2) is 10.9 Å². The van der Waals surface area contributed by atoms with E-state index in [0.29, 0.717) is 6.42 Å². The zero-order valence-electron chi connectivity index (χ0n) is 8.25. The van der Waals surface area contributed by atoms with Crippen molar-refractivity contribution in [2.75, 3.05) is 5.32 Å². The van der Waals surface area contributed by atoms with Crippen molar-refractivity contribution in [3.8, 4) is 0 Å². The smallest absolute Gasteiger partial charge is 0.226 e. The van der Waals surface area contributed by atoms with Gasteiger partial charge in [-0.3, -0.25) is 4.79 Å². The van der Waals surface area contributed by atoms with Gasteiger partial charge in [-0.15, -0.1) is 11.3 Å². The third-order valence-corrected chi connectivity index (χ3v) is 3.30. The number of thiazole rings is 1. The predicted molar refractivity (Wildman–Crippen MR) is 57.6 cm³/mol. The monoisotopic (exact) mass is 210 g/mol. The summed E-state index contributed by atoms with van der Waals surface area (Å²) in [6, 6.07) is 0. The van der Waals surface area contributed by atoms with Gasteiger partial charge in [-0.2, -0.15) is 0 Å². The summed E-state index contributed by atoms with van der Waals surface area (Å²) >= 11 is 1.61. The summed E-state index contributed by atoms with van der Waals surface area (Å²) in [6.45, 7) is 2.00. The third kappa shape index (κ3) is 2.32. The fourth-order valence-corrected chi connectivity index (χ4v) is 2.31. The molecular formula is C10H14N2OS. The van der Waals surface area contributed by atoms with Gasteiger partial charge < -0.3 is 5.32 Å². The highest BCUT2D eigenvalue weighted by atomic mass is 32.1. The molecule has 0 atom stereocenters. The van der Waals surface area contributed by atoms with Gasteiger partial charge in [-0.25, -0.2) is 4.98 Å². The molecule has 76 valence electrons. The van der Waals surface area contributed by atoms with Crippen LogP contribution in [0.4, 0.5) is 5.13 Å². The van der Waals surface area contributed by atoms with Gasteiger partial charge in [0.15, 0.2) is 5.13 Å². The molecule has 1 aromatic heterocycles. The minimum absolute atomic E-state index is 0.0733. The first-order valence-electron chi connectivity index (χ1n) is 5.05. The Morgan fingerprint density at radius 2 is 2.50 bits per heavy atom. The minimum atomic E-state index is 0.0733. The van der Waals surface area contributed by atoms with Gasteiger partial charge in [-0.1, -0.05) is 6.92 Å². The van der Waals surface area contributed by atoms with Gasteiger partial charge in [0.2, 0.25) is 5.91 Å². The molecule has 3 nitrogen and oxygen atoms in total. The number of aromatic nitrogens is 1. The average molecular weight is 210 g/mol. The summed E-state index contributed by atoms with van der Waals surface area (Å²) in [4.78, 5) is 16.8. The quantitative estimate of drug-likeness (QED) is 0.830. The van der Waals surface area contributed by atoms with E-state index in [1.165, 1.54) is 17.7 Å². The van der Waals surface area contributed by atoms with Crippen LogP contribution in [0.25, 0.3) is 0 Å². The highest BCUT2D eigenvalue weighted by molar-refractivity contribution is 7.15. The molecule has 0 saturated heterocycles. The van der Waals surface area contributed by atoms with Crippen molar-refractivity contribution in [3.05, 3.63) is 11.1 Å². The molecule has 0 radical (unpaired) electrons. The molecule has 1 amide bonds. The van der Waals surface area contributed by atoms with Gasteiger partial charge in [0.05, 0.1) is 0 Å². The fourth-order valence-electron chi connectivity index (χ4n) is 1.31. The topological polar surface area (TPSA) is 42.0 Å². The van der Waals surface area contributed by atoms with Crippen LogP contribution in [0, 0.1) is 0 Å². The molecule has 0 unspecified atom stereocenters. The molecule has 0 spiro atoms. The first kappa shape index (κ1) is 9.65. The van der Waals surface area contributed by atoms with Crippen LogP contribution in [0.2, 0.25) is 0 Å². The predicted octanol–water partition coefficient (Wildman–Crippen LogP) is 2.76. The molecule has 1 heterocycles. The second-order valence-corrected chi connectivity index (χ2v) is 4.70. The van der Waals surface area contributed by atoms with Crippen molar-refractivity contribution in [2.24, 2.45) is 0 Å². The fraction of sp³-hybridized carbons (Fsp3) is 0.600. The molecule has 2 rings (SSSR count). The molecule has 1 N–H and O–H groups in total. The van der Waals surface area contributed by atoms with Crippen LogP contribution in [-0.2, 0) is 4.79 Å². The Morgan fingerprint density at radius 3 is 3.14 bits per heavy atom. The van der Waals surface area contributed by atoms with Crippen LogP contribution in [0.1, 0.15) is 43.4 Å². The van der Waals surface area contributed by atoms with Crippen LogP contribution < -0.4 is 5.32 Å². The number of amides is 1. The lowest BCUT2D eigenvalue weighted by Crippen LogP contribution is -2.09. The number of rotatable bonds is 4. The van der Waals surface area contributed by atoms with Crippen LogP contribution in [0.15, 0.2) is 6.20 Å². The molecule has 1 saturated carbocycles. The number of nitrogens with zero attached hydrogens (tertiary/aromatic N) is 1. The summed E-state index contributed by atoms with van der Waals surface area (Å²) < 4.78 is 0. The molecule has 4 heteroatoms. The van der Waals surface area contributed by atoms with Gasteiger partial charge in [0.1, 0.15) is 0 Å². The Kier molecular flexibility index (Phi) is 2.82. The first-order valence-corrected chi connectivity index (χ1v) is 5.87. The molecule has 0 aromatic carbocycles. The summed E-state index contributed by atoms with van der Waals surface area (Å²) in [7, 11) is 0. The highest BCUT2D eigenvalue weighted by Crippen LogP contribution is 2.43. The SMILES string of the molecule is CCCC(=O)Nc1ncc(C2CC2)s1. The van der Waals surface area contributed by atoms with Crippen molar-refractivity contribution >= 4 is 22.4 Å². The maximum Gasteiger partial charge on any atom is 0.226 e. The Labute approximate surface area is 87.6 Å². The van der Waals surface area contributed by atoms with Crippen molar-refractivity contribution in [1.29, 1.82) is 0 Å². The number of anilines is 1. The van der Waals surface area contributed by atoms with E-state index in [1.807, 2.05) is 13.1 Å². The molecule has 0 aliphatic heterocycles. The van der Waals surface area contributed by atoms with E-state index in [1.54, 1.807) is 11.3 Å². The zero-order valence-corrected chi connectivity index (χ0v) is 9.06. The van der Waals surface area contributed by atoms with Crippen LogP contribution >= 0.6 is 11.3 Å². The van der Waals surface area contributed by atoms with Crippen molar-refractivity contribution in [1.82, 2.24) is 4.98 Å². The Hall–Kier alpha value is -0.900. The minimum Gasteiger partial charge on any atom is -0.302 e. The number of hydrogen-bond acceptors (Lipinski definition) is 3. The third-order valence-electron chi connectivity index (χ3n) is 2.23. The Balaban J connectivity index is 1.92. The molecule has 1 fully saturated rings. The lowest BCUT2D eigenvalue weighted by atomic mass is 10.3. The molecule has 1 aliphatic carbocycles. The molecule has 0 bridgehead atoms. The van der Waals surface area contributed by atoms with E-state index in [2.05, 4.69) is 10.3 Å². The Bertz CT molecular complexity index is 331. The number of hydrogen-bond donors (Lipinski definition) is 1. The maximum atomic E-state index is 11.3. The van der Waals surface area contributed by atoms with E-state index in [4.69, 9.17) is 0 Å². The van der Waals surface area contributed by atoms with E-state index < -0.39 is 0 Å². The van der Waals surface area contributed by atoms with E-state index >= 15 is 0 Å². The zero-order chi connectivity index (χ0) is 9.97. The standard InChI is InChI=1S/C10H14N2OS/c1-2-3-9(13)12-10-11-6-8(14-10)7-4-5-7/h6-7H,2-5H2,1H3,(H,11,12,13). The highest BCUT2D eigenvalue weighted by Gasteiger charge is 2.25. The molecule has 14 heavy (non-hydrogen) atoms. The first-order chi connectivity index (χ1) is 6.79. The summed E-state index contributed by atoms with van der Waals surface area (Å²) in [6.07, 6.45) is 5.92. The van der Waals surface area contributed by atoms with E-state index in [9.17, 15) is 4.79 Å². The number of carbonyl (C=O) groups is 1. The van der Waals surface area contributed by atoms with Crippen molar-refractivity contribution in [2.45, 2.75) is 38.5 Å². The summed E-state index contributed by atoms with van der Waals surface area (Å²) in [5.41, 5.74) is 0. The van der Waals surface area contributed by atoms with Gasteiger partial charge in [-0.05, 0) is 25.2 Å². The number of nitrogens with one attached hydrogen (secondary N) is 1. The molecular weight excluding hydrogens is 196 g/mol. The largest absolute Gasteiger partial charge is 0.302 e. The van der Waals surface area contributed by atoms with Crippen LogP contribution in [0.3, 0.4) is 0 Å². The second-order valence-electron chi connectivity index (χ2n) is 3.64. The van der Waals surface area contributed by atoms with Gasteiger partial charge in [0.25, 0.3) is 0 Å². The lowest BCUT2D eigenvalue weighted by molar-refractivity contribution is -0.116. The maximum absolute atomic E-state index is 11.3.